The number of hydrogen-bond acceptors (Lipinski definition) is 2. The average Bonchev–Trinajstić information content (AvgIpc) is 2.80. The second kappa shape index (κ2) is 4.75. The van der Waals surface area contributed by atoms with Gasteiger partial charge in [0.05, 0.1) is 0 Å². The molecule has 2 aromatic heterocycles. The molecule has 3 heteroatoms. The molecule has 2 N–H and O–H groups in total. The van der Waals surface area contributed by atoms with E-state index in [9.17, 15) is 0 Å². The zero-order chi connectivity index (χ0) is 10.5. The SMILES string of the molecule is C[C@H](NCc1ccc[nH]1)c1cccnc1. The summed E-state index contributed by atoms with van der Waals surface area (Å²) in [6.45, 7) is 2.99. The summed E-state index contributed by atoms with van der Waals surface area (Å²) in [7, 11) is 0. The quantitative estimate of drug-likeness (QED) is 0.796. The smallest absolute Gasteiger partial charge is 0.0362 e. The van der Waals surface area contributed by atoms with Crippen LogP contribution in [0.1, 0.15) is 24.2 Å². The lowest BCUT2D eigenvalue weighted by Gasteiger charge is -2.12. The molecule has 0 saturated heterocycles. The Morgan fingerprint density at radius 2 is 2.33 bits per heavy atom. The third kappa shape index (κ3) is 2.67. The van der Waals surface area contributed by atoms with Crippen molar-refractivity contribution in [2.24, 2.45) is 0 Å². The van der Waals surface area contributed by atoms with E-state index in [1.807, 2.05) is 24.5 Å². The highest BCUT2D eigenvalue weighted by molar-refractivity contribution is 5.13. The van der Waals surface area contributed by atoms with Crippen LogP contribution >= 0.6 is 0 Å². The summed E-state index contributed by atoms with van der Waals surface area (Å²) >= 11 is 0. The molecule has 0 aliphatic heterocycles. The maximum Gasteiger partial charge on any atom is 0.0362 e. The Bertz CT molecular complexity index is 381. The van der Waals surface area contributed by atoms with Crippen molar-refractivity contribution in [1.82, 2.24) is 15.3 Å². The van der Waals surface area contributed by atoms with E-state index in [-0.39, 0.29) is 0 Å². The molecule has 0 aromatic carbocycles. The first kappa shape index (κ1) is 9.93. The Morgan fingerprint density at radius 1 is 1.40 bits per heavy atom. The van der Waals surface area contributed by atoms with Gasteiger partial charge in [-0.1, -0.05) is 6.07 Å². The maximum atomic E-state index is 4.10. The van der Waals surface area contributed by atoms with Crippen LogP contribution in [-0.4, -0.2) is 9.97 Å². The molecule has 2 aromatic rings. The number of nitrogens with zero attached hydrogens (tertiary/aromatic N) is 1. The molecule has 0 aliphatic carbocycles. The van der Waals surface area contributed by atoms with Gasteiger partial charge in [-0.15, -0.1) is 0 Å². The molecule has 0 unspecified atom stereocenters. The first-order chi connectivity index (χ1) is 7.36. The van der Waals surface area contributed by atoms with Crippen molar-refractivity contribution in [1.29, 1.82) is 0 Å². The number of aromatic amines is 1. The van der Waals surface area contributed by atoms with E-state index in [1.165, 1.54) is 11.3 Å². The molecule has 2 rings (SSSR count). The molecular formula is C12H15N3. The van der Waals surface area contributed by atoms with Gasteiger partial charge in [-0.05, 0) is 30.7 Å². The van der Waals surface area contributed by atoms with Crippen molar-refractivity contribution in [3.63, 3.8) is 0 Å². The summed E-state index contributed by atoms with van der Waals surface area (Å²) in [6, 6.07) is 8.44. The standard InChI is InChI=1S/C12H15N3/c1-10(11-4-2-6-13-8-11)15-9-12-5-3-7-14-12/h2-8,10,14-15H,9H2,1H3/t10-/m0/s1. The van der Waals surface area contributed by atoms with E-state index in [0.29, 0.717) is 6.04 Å². The minimum Gasteiger partial charge on any atom is -0.364 e. The van der Waals surface area contributed by atoms with Gasteiger partial charge in [-0.3, -0.25) is 4.98 Å². The lowest BCUT2D eigenvalue weighted by molar-refractivity contribution is 0.567. The highest BCUT2D eigenvalue weighted by Crippen LogP contribution is 2.10. The second-order valence-corrected chi connectivity index (χ2v) is 3.58. The molecule has 0 radical (unpaired) electrons. The Balaban J connectivity index is 1.90. The lowest BCUT2D eigenvalue weighted by atomic mass is 10.1. The molecule has 1 atom stereocenters. The van der Waals surface area contributed by atoms with E-state index in [0.717, 1.165) is 6.54 Å². The van der Waals surface area contributed by atoms with E-state index in [2.05, 4.69) is 34.3 Å². The van der Waals surface area contributed by atoms with E-state index < -0.39 is 0 Å². The Kier molecular flexibility index (Phi) is 3.15. The van der Waals surface area contributed by atoms with E-state index in [1.54, 1.807) is 6.20 Å². The summed E-state index contributed by atoms with van der Waals surface area (Å²) in [5, 5.41) is 3.43. The van der Waals surface area contributed by atoms with Crippen LogP contribution in [0.5, 0.6) is 0 Å². The summed E-state index contributed by atoms with van der Waals surface area (Å²) in [4.78, 5) is 7.27. The third-order valence-electron chi connectivity index (χ3n) is 2.45. The van der Waals surface area contributed by atoms with Crippen molar-refractivity contribution in [2.45, 2.75) is 19.5 Å². The van der Waals surface area contributed by atoms with E-state index in [4.69, 9.17) is 0 Å². The molecular weight excluding hydrogens is 186 g/mol. The molecule has 0 aliphatic rings. The largest absolute Gasteiger partial charge is 0.364 e. The van der Waals surface area contributed by atoms with Gasteiger partial charge in [0.15, 0.2) is 0 Å². The average molecular weight is 201 g/mol. The highest BCUT2D eigenvalue weighted by atomic mass is 14.9. The van der Waals surface area contributed by atoms with Crippen LogP contribution in [-0.2, 0) is 6.54 Å². The normalized spacial score (nSPS) is 12.6. The highest BCUT2D eigenvalue weighted by Gasteiger charge is 2.03. The van der Waals surface area contributed by atoms with Gasteiger partial charge in [0.1, 0.15) is 0 Å². The molecule has 0 amide bonds. The number of aromatic nitrogens is 2. The molecule has 0 fully saturated rings. The topological polar surface area (TPSA) is 40.7 Å². The third-order valence-corrected chi connectivity index (χ3v) is 2.45. The number of hydrogen-bond donors (Lipinski definition) is 2. The second-order valence-electron chi connectivity index (χ2n) is 3.58. The molecule has 0 saturated carbocycles. The molecule has 0 spiro atoms. The summed E-state index contributed by atoms with van der Waals surface area (Å²) in [5.74, 6) is 0. The molecule has 78 valence electrons. The van der Waals surface area contributed by atoms with Crippen LogP contribution in [0, 0.1) is 0 Å². The van der Waals surface area contributed by atoms with E-state index >= 15 is 0 Å². The minimum absolute atomic E-state index is 0.321. The fourth-order valence-corrected chi connectivity index (χ4v) is 1.49. The summed E-state index contributed by atoms with van der Waals surface area (Å²) < 4.78 is 0. The van der Waals surface area contributed by atoms with Crippen molar-refractivity contribution in [3.8, 4) is 0 Å². The van der Waals surface area contributed by atoms with Gasteiger partial charge >= 0.3 is 0 Å². The van der Waals surface area contributed by atoms with Gasteiger partial charge in [0.2, 0.25) is 0 Å². The minimum atomic E-state index is 0.321. The number of pyridine rings is 1. The molecule has 15 heavy (non-hydrogen) atoms. The molecule has 3 nitrogen and oxygen atoms in total. The van der Waals surface area contributed by atoms with Gasteiger partial charge in [0, 0.05) is 36.9 Å². The van der Waals surface area contributed by atoms with Crippen LogP contribution in [0.4, 0.5) is 0 Å². The fraction of sp³-hybridized carbons (Fsp3) is 0.250. The van der Waals surface area contributed by atoms with Crippen LogP contribution in [0.2, 0.25) is 0 Å². The summed E-state index contributed by atoms with van der Waals surface area (Å²) in [5.41, 5.74) is 2.41. The van der Waals surface area contributed by atoms with Crippen LogP contribution in [0.3, 0.4) is 0 Å². The number of H-pyrrole nitrogens is 1. The molecule has 0 bridgehead atoms. The number of rotatable bonds is 4. The van der Waals surface area contributed by atoms with Gasteiger partial charge in [-0.25, -0.2) is 0 Å². The fourth-order valence-electron chi connectivity index (χ4n) is 1.49. The van der Waals surface area contributed by atoms with Gasteiger partial charge in [-0.2, -0.15) is 0 Å². The maximum absolute atomic E-state index is 4.10. The van der Waals surface area contributed by atoms with Crippen LogP contribution < -0.4 is 5.32 Å². The van der Waals surface area contributed by atoms with Crippen LogP contribution in [0.15, 0.2) is 42.9 Å². The number of nitrogens with one attached hydrogen (secondary N) is 2. The van der Waals surface area contributed by atoms with Crippen molar-refractivity contribution in [3.05, 3.63) is 54.1 Å². The van der Waals surface area contributed by atoms with Gasteiger partial charge < -0.3 is 10.3 Å². The Hall–Kier alpha value is -1.61. The lowest BCUT2D eigenvalue weighted by Crippen LogP contribution is -2.18. The summed E-state index contributed by atoms with van der Waals surface area (Å²) in [6.07, 6.45) is 5.62. The Labute approximate surface area is 89.6 Å². The van der Waals surface area contributed by atoms with Crippen molar-refractivity contribution in [2.75, 3.05) is 0 Å². The first-order valence-electron chi connectivity index (χ1n) is 5.12. The predicted octanol–water partition coefficient (Wildman–Crippen LogP) is 2.26. The van der Waals surface area contributed by atoms with Crippen molar-refractivity contribution >= 4 is 0 Å². The van der Waals surface area contributed by atoms with Crippen molar-refractivity contribution < 1.29 is 0 Å². The first-order valence-corrected chi connectivity index (χ1v) is 5.12. The zero-order valence-electron chi connectivity index (χ0n) is 8.77. The predicted molar refractivity (Wildman–Crippen MR) is 60.3 cm³/mol. The van der Waals surface area contributed by atoms with Gasteiger partial charge in [0.25, 0.3) is 0 Å². The Morgan fingerprint density at radius 3 is 3.00 bits per heavy atom. The monoisotopic (exact) mass is 201 g/mol. The zero-order valence-corrected chi connectivity index (χ0v) is 8.77. The van der Waals surface area contributed by atoms with Crippen LogP contribution in [0.25, 0.3) is 0 Å². The molecule has 2 heterocycles.